The first-order chi connectivity index (χ1) is 13.9. The average Bonchev–Trinajstić information content (AvgIpc) is 3.31. The van der Waals surface area contributed by atoms with Crippen molar-refractivity contribution in [2.45, 2.75) is 30.3 Å². The third-order valence-corrected chi connectivity index (χ3v) is 6.02. The lowest BCUT2D eigenvalue weighted by atomic mass is 10.1. The summed E-state index contributed by atoms with van der Waals surface area (Å²) < 4.78 is 24.8. The molecule has 1 amide bonds. The zero-order valence-corrected chi connectivity index (χ0v) is 16.7. The second-order valence-corrected chi connectivity index (χ2v) is 9.13. The molecule has 0 unspecified atom stereocenters. The fourth-order valence-electron chi connectivity index (χ4n) is 3.17. The fourth-order valence-corrected chi connectivity index (χ4v) is 3.80. The molecule has 0 atom stereocenters. The summed E-state index contributed by atoms with van der Waals surface area (Å²) in [5.41, 5.74) is 1.71. The monoisotopic (exact) mass is 415 g/mol. The molecule has 3 heterocycles. The summed E-state index contributed by atoms with van der Waals surface area (Å²) in [6.45, 7) is 1.67. The fraction of sp³-hybridized carbons (Fsp3) is 0.389. The number of rotatable bonds is 7. The Bertz CT molecular complexity index is 1080. The summed E-state index contributed by atoms with van der Waals surface area (Å²) >= 11 is 0. The standard InChI is InChI=1S/C18H21N7O3S/c1-29(27,28)17-5-2-14(3-6-17)4-7-18(26)23-12-16(13-23)24-10-15(21-22-24)11-25-19-8-9-20-25/h2-3,5-6,8-10,16H,4,7,11-13H2,1H3. The van der Waals surface area contributed by atoms with E-state index in [0.29, 0.717) is 32.5 Å². The quantitative estimate of drug-likeness (QED) is 0.546. The number of amides is 1. The lowest BCUT2D eigenvalue weighted by Crippen LogP contribution is -2.51. The Morgan fingerprint density at radius 1 is 1.14 bits per heavy atom. The van der Waals surface area contributed by atoms with E-state index in [-0.39, 0.29) is 16.8 Å². The van der Waals surface area contributed by atoms with Gasteiger partial charge in [0.15, 0.2) is 9.84 Å². The zero-order valence-electron chi connectivity index (χ0n) is 15.9. The number of carbonyl (C=O) groups excluding carboxylic acids is 1. The summed E-state index contributed by atoms with van der Waals surface area (Å²) in [4.78, 5) is 16.0. The number of carbonyl (C=O) groups is 1. The molecule has 1 aliphatic rings. The largest absolute Gasteiger partial charge is 0.338 e. The van der Waals surface area contributed by atoms with E-state index >= 15 is 0 Å². The average molecular weight is 415 g/mol. The number of sulfone groups is 1. The third-order valence-electron chi connectivity index (χ3n) is 4.90. The number of aromatic nitrogens is 6. The predicted molar refractivity (Wildman–Crippen MR) is 103 cm³/mol. The highest BCUT2D eigenvalue weighted by Crippen LogP contribution is 2.22. The van der Waals surface area contributed by atoms with E-state index in [1.165, 1.54) is 11.1 Å². The first-order valence-corrected chi connectivity index (χ1v) is 11.1. The van der Waals surface area contributed by atoms with Gasteiger partial charge in [0.2, 0.25) is 5.91 Å². The van der Waals surface area contributed by atoms with Gasteiger partial charge in [0.1, 0.15) is 12.2 Å². The minimum atomic E-state index is -3.20. The Labute approximate surface area is 168 Å². The van der Waals surface area contributed by atoms with Gasteiger partial charge in [-0.05, 0) is 24.1 Å². The lowest BCUT2D eigenvalue weighted by molar-refractivity contribution is -0.137. The molecule has 1 aliphatic heterocycles. The van der Waals surface area contributed by atoms with E-state index in [1.54, 1.807) is 46.2 Å². The number of aryl methyl sites for hydroxylation is 1. The molecule has 0 radical (unpaired) electrons. The van der Waals surface area contributed by atoms with Crippen molar-refractivity contribution in [1.82, 2.24) is 34.9 Å². The molecule has 0 bridgehead atoms. The van der Waals surface area contributed by atoms with Gasteiger partial charge >= 0.3 is 0 Å². The maximum atomic E-state index is 12.4. The number of hydrogen-bond donors (Lipinski definition) is 0. The van der Waals surface area contributed by atoms with Crippen molar-refractivity contribution >= 4 is 15.7 Å². The van der Waals surface area contributed by atoms with Gasteiger partial charge in [-0.1, -0.05) is 17.3 Å². The molecule has 0 aliphatic carbocycles. The van der Waals surface area contributed by atoms with Crippen molar-refractivity contribution < 1.29 is 13.2 Å². The van der Waals surface area contributed by atoms with E-state index in [9.17, 15) is 13.2 Å². The van der Waals surface area contributed by atoms with Crippen molar-refractivity contribution in [2.24, 2.45) is 0 Å². The Morgan fingerprint density at radius 3 is 2.48 bits per heavy atom. The molecule has 1 fully saturated rings. The summed E-state index contributed by atoms with van der Waals surface area (Å²) in [6, 6.07) is 6.80. The molecular weight excluding hydrogens is 394 g/mol. The normalized spacial score (nSPS) is 14.7. The first kappa shape index (κ1) is 19.2. The molecule has 152 valence electrons. The van der Waals surface area contributed by atoms with E-state index in [4.69, 9.17) is 0 Å². The summed E-state index contributed by atoms with van der Waals surface area (Å²) in [7, 11) is -3.20. The van der Waals surface area contributed by atoms with E-state index in [1.807, 2.05) is 6.20 Å². The molecule has 4 rings (SSSR count). The van der Waals surface area contributed by atoms with Crippen LogP contribution in [0.25, 0.3) is 0 Å². The van der Waals surface area contributed by atoms with Gasteiger partial charge in [0.25, 0.3) is 0 Å². The van der Waals surface area contributed by atoms with Crippen molar-refractivity contribution in [3.8, 4) is 0 Å². The zero-order chi connectivity index (χ0) is 20.4. The topological polar surface area (TPSA) is 116 Å². The van der Waals surface area contributed by atoms with Crippen LogP contribution in [0.1, 0.15) is 23.7 Å². The highest BCUT2D eigenvalue weighted by molar-refractivity contribution is 7.90. The third kappa shape index (κ3) is 4.50. The lowest BCUT2D eigenvalue weighted by Gasteiger charge is -2.39. The van der Waals surface area contributed by atoms with Crippen LogP contribution in [0.15, 0.2) is 47.8 Å². The van der Waals surface area contributed by atoms with Gasteiger partial charge in [0.05, 0.1) is 29.5 Å². The van der Waals surface area contributed by atoms with Crippen LogP contribution in [-0.4, -0.2) is 68.6 Å². The van der Waals surface area contributed by atoms with Gasteiger partial charge in [-0.25, -0.2) is 13.1 Å². The summed E-state index contributed by atoms with van der Waals surface area (Å²) in [5, 5.41) is 16.4. The number of likely N-dealkylation sites (tertiary alicyclic amines) is 1. The molecule has 1 saturated heterocycles. The van der Waals surface area contributed by atoms with Crippen LogP contribution in [0.4, 0.5) is 0 Å². The molecule has 1 aromatic carbocycles. The van der Waals surface area contributed by atoms with Crippen LogP contribution >= 0.6 is 0 Å². The predicted octanol–water partition coefficient (Wildman–Crippen LogP) is 0.337. The number of benzene rings is 1. The molecular formula is C18H21N7O3S. The van der Waals surface area contributed by atoms with Crippen molar-refractivity contribution in [3.05, 3.63) is 54.1 Å². The van der Waals surface area contributed by atoms with Crippen LogP contribution in [0, 0.1) is 0 Å². The maximum absolute atomic E-state index is 12.4. The van der Waals surface area contributed by atoms with Crippen LogP contribution in [-0.2, 0) is 27.6 Å². The minimum Gasteiger partial charge on any atom is -0.338 e. The van der Waals surface area contributed by atoms with Crippen molar-refractivity contribution in [1.29, 1.82) is 0 Å². The summed E-state index contributed by atoms with van der Waals surface area (Å²) in [6.07, 6.45) is 7.23. The molecule has 2 aromatic heterocycles. The van der Waals surface area contributed by atoms with Gasteiger partial charge in [-0.2, -0.15) is 15.0 Å². The molecule has 0 saturated carbocycles. The van der Waals surface area contributed by atoms with E-state index in [2.05, 4.69) is 20.5 Å². The van der Waals surface area contributed by atoms with Gasteiger partial charge in [-0.15, -0.1) is 5.10 Å². The Hall–Kier alpha value is -3.08. The van der Waals surface area contributed by atoms with Gasteiger partial charge in [-0.3, -0.25) is 4.79 Å². The van der Waals surface area contributed by atoms with Crippen molar-refractivity contribution in [2.75, 3.05) is 19.3 Å². The molecule has 10 nitrogen and oxygen atoms in total. The van der Waals surface area contributed by atoms with Crippen LogP contribution in [0.3, 0.4) is 0 Å². The molecule has 3 aromatic rings. The van der Waals surface area contributed by atoms with E-state index < -0.39 is 9.84 Å². The number of nitrogens with zero attached hydrogens (tertiary/aromatic N) is 7. The highest BCUT2D eigenvalue weighted by Gasteiger charge is 2.32. The Balaban J connectivity index is 1.24. The summed E-state index contributed by atoms with van der Waals surface area (Å²) in [5.74, 6) is 0.0783. The Morgan fingerprint density at radius 2 is 1.83 bits per heavy atom. The van der Waals surface area contributed by atoms with Crippen LogP contribution < -0.4 is 0 Å². The highest BCUT2D eigenvalue weighted by atomic mass is 32.2. The molecule has 29 heavy (non-hydrogen) atoms. The van der Waals surface area contributed by atoms with Gasteiger partial charge < -0.3 is 4.90 Å². The molecule has 11 heteroatoms. The van der Waals surface area contributed by atoms with Crippen LogP contribution in [0.2, 0.25) is 0 Å². The first-order valence-electron chi connectivity index (χ1n) is 9.20. The molecule has 0 spiro atoms. The van der Waals surface area contributed by atoms with Gasteiger partial charge in [0, 0.05) is 25.8 Å². The minimum absolute atomic E-state index is 0.0783. The smallest absolute Gasteiger partial charge is 0.223 e. The van der Waals surface area contributed by atoms with Crippen molar-refractivity contribution in [3.63, 3.8) is 0 Å². The molecule has 0 N–H and O–H groups in total. The number of hydrogen-bond acceptors (Lipinski definition) is 7. The second-order valence-electron chi connectivity index (χ2n) is 7.12. The van der Waals surface area contributed by atoms with Crippen LogP contribution in [0.5, 0.6) is 0 Å². The van der Waals surface area contributed by atoms with E-state index in [0.717, 1.165) is 11.3 Å². The Kier molecular flexibility index (Phi) is 5.14. The second kappa shape index (κ2) is 7.74. The SMILES string of the molecule is CS(=O)(=O)c1ccc(CCC(=O)N2CC(n3cc(Cn4nccn4)nn3)C2)cc1. The maximum Gasteiger partial charge on any atom is 0.223 e.